The summed E-state index contributed by atoms with van der Waals surface area (Å²) >= 11 is 1.90. The van der Waals surface area contributed by atoms with Crippen molar-refractivity contribution in [2.24, 2.45) is 0 Å². The number of rotatable bonds is 7. The quantitative estimate of drug-likeness (QED) is 0.716. The van der Waals surface area contributed by atoms with Gasteiger partial charge in [0.25, 0.3) is 0 Å². The predicted octanol–water partition coefficient (Wildman–Crippen LogP) is 2.84. The molecule has 2 N–H and O–H groups in total. The van der Waals surface area contributed by atoms with Gasteiger partial charge in [-0.05, 0) is 45.0 Å². The summed E-state index contributed by atoms with van der Waals surface area (Å²) in [7, 11) is 0. The van der Waals surface area contributed by atoms with Crippen molar-refractivity contribution in [1.82, 2.24) is 10.6 Å². The lowest BCUT2D eigenvalue weighted by atomic mass is 10.3. The molecule has 2 nitrogen and oxygen atoms in total. The van der Waals surface area contributed by atoms with Crippen LogP contribution in [-0.4, -0.2) is 19.1 Å². The van der Waals surface area contributed by atoms with Crippen LogP contribution in [0.5, 0.6) is 0 Å². The predicted molar refractivity (Wildman–Crippen MR) is 73.3 cm³/mol. The van der Waals surface area contributed by atoms with Gasteiger partial charge in [0.1, 0.15) is 0 Å². The molecule has 0 aliphatic rings. The van der Waals surface area contributed by atoms with E-state index in [-0.39, 0.29) is 0 Å². The molecule has 1 aromatic rings. The highest BCUT2D eigenvalue weighted by Crippen LogP contribution is 2.19. The first-order chi connectivity index (χ1) is 7.59. The van der Waals surface area contributed by atoms with Crippen molar-refractivity contribution in [2.45, 2.75) is 46.7 Å². The van der Waals surface area contributed by atoms with Crippen molar-refractivity contribution in [3.63, 3.8) is 0 Å². The number of nitrogens with one attached hydrogen (secondary N) is 2. The third-order valence-electron chi connectivity index (χ3n) is 2.60. The van der Waals surface area contributed by atoms with Crippen LogP contribution in [0.1, 0.15) is 35.6 Å². The van der Waals surface area contributed by atoms with Crippen LogP contribution in [0.15, 0.2) is 6.07 Å². The minimum Gasteiger partial charge on any atom is -0.314 e. The maximum absolute atomic E-state index is 3.49. The van der Waals surface area contributed by atoms with E-state index in [0.29, 0.717) is 6.04 Å². The standard InChI is InChI=1S/C13H24N2S/c1-10(2)15-7-5-6-14-9-13-8-11(3)12(4)16-13/h8,10,14-15H,5-7,9H2,1-4H3. The lowest BCUT2D eigenvalue weighted by Gasteiger charge is -2.07. The van der Waals surface area contributed by atoms with Gasteiger partial charge >= 0.3 is 0 Å². The highest BCUT2D eigenvalue weighted by atomic mass is 32.1. The Hall–Kier alpha value is -0.380. The third kappa shape index (κ3) is 5.10. The molecule has 0 unspecified atom stereocenters. The molecule has 0 aliphatic carbocycles. The topological polar surface area (TPSA) is 24.1 Å². The fourth-order valence-electron chi connectivity index (χ4n) is 1.55. The molecule has 0 bridgehead atoms. The molecule has 0 aliphatic heterocycles. The summed E-state index contributed by atoms with van der Waals surface area (Å²) in [5.41, 5.74) is 1.42. The lowest BCUT2D eigenvalue weighted by Crippen LogP contribution is -2.26. The van der Waals surface area contributed by atoms with Gasteiger partial charge in [-0.1, -0.05) is 13.8 Å². The molecule has 0 fully saturated rings. The second-order valence-corrected chi connectivity index (χ2v) is 5.93. The van der Waals surface area contributed by atoms with Gasteiger partial charge in [-0.15, -0.1) is 11.3 Å². The average Bonchev–Trinajstić information content (AvgIpc) is 2.52. The molecule has 0 radical (unpaired) electrons. The maximum atomic E-state index is 3.49. The average molecular weight is 240 g/mol. The molecule has 0 saturated heterocycles. The molecular weight excluding hydrogens is 216 g/mol. The first-order valence-corrected chi connectivity index (χ1v) is 6.91. The van der Waals surface area contributed by atoms with Gasteiger partial charge in [-0.2, -0.15) is 0 Å². The van der Waals surface area contributed by atoms with Gasteiger partial charge in [0.15, 0.2) is 0 Å². The van der Waals surface area contributed by atoms with Gasteiger partial charge in [0, 0.05) is 22.3 Å². The van der Waals surface area contributed by atoms with E-state index in [1.807, 2.05) is 11.3 Å². The number of aryl methyl sites for hydroxylation is 2. The van der Waals surface area contributed by atoms with Crippen LogP contribution in [0.25, 0.3) is 0 Å². The van der Waals surface area contributed by atoms with Crippen LogP contribution in [0.2, 0.25) is 0 Å². The Labute approximate surface area is 103 Å². The summed E-state index contributed by atoms with van der Waals surface area (Å²) < 4.78 is 0. The minimum atomic E-state index is 0.600. The van der Waals surface area contributed by atoms with E-state index in [2.05, 4.69) is 44.4 Å². The Balaban J connectivity index is 2.07. The molecule has 92 valence electrons. The fraction of sp³-hybridized carbons (Fsp3) is 0.692. The summed E-state index contributed by atoms with van der Waals surface area (Å²) in [5.74, 6) is 0. The summed E-state index contributed by atoms with van der Waals surface area (Å²) in [4.78, 5) is 2.89. The fourth-order valence-corrected chi connectivity index (χ4v) is 2.58. The van der Waals surface area contributed by atoms with Crippen molar-refractivity contribution < 1.29 is 0 Å². The van der Waals surface area contributed by atoms with E-state index in [0.717, 1.165) is 19.6 Å². The van der Waals surface area contributed by atoms with Crippen molar-refractivity contribution in [3.8, 4) is 0 Å². The first kappa shape index (κ1) is 13.7. The van der Waals surface area contributed by atoms with Crippen molar-refractivity contribution in [1.29, 1.82) is 0 Å². The van der Waals surface area contributed by atoms with Crippen molar-refractivity contribution in [2.75, 3.05) is 13.1 Å². The Kier molecular flexibility index (Phi) is 6.03. The van der Waals surface area contributed by atoms with Gasteiger partial charge in [-0.25, -0.2) is 0 Å². The van der Waals surface area contributed by atoms with Crippen LogP contribution in [0.4, 0.5) is 0 Å². The third-order valence-corrected chi connectivity index (χ3v) is 3.75. The zero-order valence-corrected chi connectivity index (χ0v) is 11.7. The van der Waals surface area contributed by atoms with Gasteiger partial charge < -0.3 is 10.6 Å². The number of hydrogen-bond acceptors (Lipinski definition) is 3. The van der Waals surface area contributed by atoms with E-state index >= 15 is 0 Å². The highest BCUT2D eigenvalue weighted by Gasteiger charge is 2.00. The molecule has 1 heterocycles. The second kappa shape index (κ2) is 7.05. The van der Waals surface area contributed by atoms with Gasteiger partial charge in [-0.3, -0.25) is 0 Å². The smallest absolute Gasteiger partial charge is 0.0299 e. The van der Waals surface area contributed by atoms with E-state index in [9.17, 15) is 0 Å². The summed E-state index contributed by atoms with van der Waals surface area (Å²) in [6.07, 6.45) is 1.20. The zero-order chi connectivity index (χ0) is 12.0. The van der Waals surface area contributed by atoms with E-state index in [4.69, 9.17) is 0 Å². The van der Waals surface area contributed by atoms with E-state index < -0.39 is 0 Å². The molecule has 0 saturated carbocycles. The number of thiophene rings is 1. The lowest BCUT2D eigenvalue weighted by molar-refractivity contribution is 0.548. The summed E-state index contributed by atoms with van der Waals surface area (Å²) in [6.45, 7) is 12.0. The van der Waals surface area contributed by atoms with E-state index in [1.165, 1.54) is 21.7 Å². The van der Waals surface area contributed by atoms with Crippen LogP contribution in [0, 0.1) is 13.8 Å². The van der Waals surface area contributed by atoms with Crippen LogP contribution >= 0.6 is 11.3 Å². The Morgan fingerprint density at radius 2 is 2.00 bits per heavy atom. The Bertz CT molecular complexity index is 285. The molecule has 3 heteroatoms. The normalized spacial score (nSPS) is 11.3. The molecule has 0 spiro atoms. The maximum Gasteiger partial charge on any atom is 0.0299 e. The van der Waals surface area contributed by atoms with E-state index in [1.54, 1.807) is 0 Å². The minimum absolute atomic E-state index is 0.600. The molecule has 0 atom stereocenters. The SMILES string of the molecule is Cc1cc(CNCCCNC(C)C)sc1C. The summed E-state index contributed by atoms with van der Waals surface area (Å²) in [5, 5.41) is 6.91. The first-order valence-electron chi connectivity index (χ1n) is 6.09. The molecule has 0 aromatic carbocycles. The van der Waals surface area contributed by atoms with Crippen LogP contribution < -0.4 is 10.6 Å². The van der Waals surface area contributed by atoms with Crippen LogP contribution in [-0.2, 0) is 6.54 Å². The van der Waals surface area contributed by atoms with Crippen molar-refractivity contribution >= 4 is 11.3 Å². The van der Waals surface area contributed by atoms with Gasteiger partial charge in [0.2, 0.25) is 0 Å². The van der Waals surface area contributed by atoms with Gasteiger partial charge in [0.05, 0.1) is 0 Å². The molecule has 16 heavy (non-hydrogen) atoms. The molecule has 1 aromatic heterocycles. The second-order valence-electron chi connectivity index (χ2n) is 4.59. The molecule has 0 amide bonds. The Morgan fingerprint density at radius 3 is 2.56 bits per heavy atom. The largest absolute Gasteiger partial charge is 0.314 e. The highest BCUT2D eigenvalue weighted by molar-refractivity contribution is 7.12. The number of hydrogen-bond donors (Lipinski definition) is 2. The van der Waals surface area contributed by atoms with Crippen molar-refractivity contribution in [3.05, 3.63) is 21.4 Å². The summed E-state index contributed by atoms with van der Waals surface area (Å²) in [6, 6.07) is 2.89. The van der Waals surface area contributed by atoms with Crippen LogP contribution in [0.3, 0.4) is 0 Å². The molecular formula is C13H24N2S. The zero-order valence-electron chi connectivity index (χ0n) is 10.9. The monoisotopic (exact) mass is 240 g/mol. The molecule has 1 rings (SSSR count). The Morgan fingerprint density at radius 1 is 1.25 bits per heavy atom.